The number of aromatic nitrogens is 3. The first kappa shape index (κ1) is 18.2. The minimum Gasteiger partial charge on any atom is -0.369 e. The Morgan fingerprint density at radius 3 is 2.68 bits per heavy atom. The summed E-state index contributed by atoms with van der Waals surface area (Å²) in [6.45, 7) is 4.18. The fourth-order valence-corrected chi connectivity index (χ4v) is 3.41. The highest BCUT2D eigenvalue weighted by Crippen LogP contribution is 2.24. The second-order valence-electron chi connectivity index (χ2n) is 6.75. The minimum atomic E-state index is 0.470. The lowest BCUT2D eigenvalue weighted by Gasteiger charge is -2.08. The Bertz CT molecular complexity index is 1140. The standard InChI is InChI=1S/C24H23N3O/c1-19-26-23-18-25-22-14-6-5-13-21(22)24(23)27(19)15-7-8-16-28-17-9-12-20-10-3-2-4-11-20/h2-6,10-11,13-14,18H,7-8,15-17H2,1H3. The molecule has 0 saturated heterocycles. The van der Waals surface area contributed by atoms with Crippen molar-refractivity contribution in [2.75, 3.05) is 13.2 Å². The normalized spacial score (nSPS) is 10.9. The maximum atomic E-state index is 5.65. The van der Waals surface area contributed by atoms with Gasteiger partial charge in [0.15, 0.2) is 0 Å². The maximum absolute atomic E-state index is 5.65. The van der Waals surface area contributed by atoms with Gasteiger partial charge in [0.25, 0.3) is 0 Å². The van der Waals surface area contributed by atoms with E-state index in [1.54, 1.807) is 0 Å². The van der Waals surface area contributed by atoms with E-state index in [1.165, 1.54) is 5.52 Å². The van der Waals surface area contributed by atoms with Gasteiger partial charge in [-0.2, -0.15) is 0 Å². The predicted molar refractivity (Wildman–Crippen MR) is 113 cm³/mol. The molecule has 0 bridgehead atoms. The molecule has 0 saturated carbocycles. The van der Waals surface area contributed by atoms with Gasteiger partial charge >= 0.3 is 0 Å². The van der Waals surface area contributed by atoms with Crippen molar-refractivity contribution in [2.24, 2.45) is 0 Å². The van der Waals surface area contributed by atoms with Crippen molar-refractivity contribution in [2.45, 2.75) is 26.3 Å². The van der Waals surface area contributed by atoms with Crippen molar-refractivity contribution in [3.8, 4) is 11.8 Å². The molecule has 0 spiro atoms. The van der Waals surface area contributed by atoms with Crippen molar-refractivity contribution in [3.05, 3.63) is 72.2 Å². The summed E-state index contributed by atoms with van der Waals surface area (Å²) in [5.74, 6) is 7.20. The van der Waals surface area contributed by atoms with Crippen LogP contribution in [0.4, 0.5) is 0 Å². The van der Waals surface area contributed by atoms with Crippen LogP contribution < -0.4 is 0 Å². The van der Waals surface area contributed by atoms with Gasteiger partial charge in [0.2, 0.25) is 0 Å². The van der Waals surface area contributed by atoms with Crippen LogP contribution in [-0.4, -0.2) is 27.7 Å². The van der Waals surface area contributed by atoms with Crippen LogP contribution in [0.15, 0.2) is 60.8 Å². The molecule has 2 heterocycles. The molecule has 0 aliphatic carbocycles. The van der Waals surface area contributed by atoms with E-state index in [1.807, 2.05) is 48.7 Å². The van der Waals surface area contributed by atoms with Gasteiger partial charge in [-0.05, 0) is 38.0 Å². The Hall–Kier alpha value is -3.16. The zero-order chi connectivity index (χ0) is 19.2. The number of hydrogen-bond acceptors (Lipinski definition) is 3. The lowest BCUT2D eigenvalue weighted by molar-refractivity contribution is 0.161. The summed E-state index contributed by atoms with van der Waals surface area (Å²) < 4.78 is 7.95. The number of nitrogens with zero attached hydrogens (tertiary/aromatic N) is 3. The molecule has 28 heavy (non-hydrogen) atoms. The summed E-state index contributed by atoms with van der Waals surface area (Å²) in [6.07, 6.45) is 3.90. The van der Waals surface area contributed by atoms with Crippen LogP contribution >= 0.6 is 0 Å². The molecule has 0 N–H and O–H groups in total. The quantitative estimate of drug-likeness (QED) is 0.364. The van der Waals surface area contributed by atoms with E-state index in [2.05, 4.69) is 45.4 Å². The predicted octanol–water partition coefficient (Wildman–Crippen LogP) is 4.74. The van der Waals surface area contributed by atoms with Crippen molar-refractivity contribution in [3.63, 3.8) is 0 Å². The Balaban J connectivity index is 1.32. The first-order valence-electron chi connectivity index (χ1n) is 9.65. The van der Waals surface area contributed by atoms with Crippen LogP contribution in [-0.2, 0) is 11.3 Å². The summed E-state index contributed by atoms with van der Waals surface area (Å²) in [4.78, 5) is 9.20. The fraction of sp³-hybridized carbons (Fsp3) is 0.250. The van der Waals surface area contributed by atoms with Gasteiger partial charge in [0.05, 0.1) is 17.2 Å². The van der Waals surface area contributed by atoms with Crippen molar-refractivity contribution >= 4 is 21.9 Å². The molecule has 4 nitrogen and oxygen atoms in total. The van der Waals surface area contributed by atoms with Gasteiger partial charge < -0.3 is 9.30 Å². The monoisotopic (exact) mass is 369 g/mol. The number of para-hydroxylation sites is 1. The van der Waals surface area contributed by atoms with Gasteiger partial charge in [-0.25, -0.2) is 4.98 Å². The van der Waals surface area contributed by atoms with Crippen LogP contribution in [0, 0.1) is 18.8 Å². The molecule has 0 aliphatic heterocycles. The molecule has 4 rings (SSSR count). The SMILES string of the molecule is Cc1nc2cnc3ccccc3c2n1CCCCOCC#Cc1ccccc1. The molecular formula is C24H23N3O. The van der Waals surface area contributed by atoms with E-state index in [-0.39, 0.29) is 0 Å². The molecule has 2 aromatic heterocycles. The zero-order valence-electron chi connectivity index (χ0n) is 16.1. The maximum Gasteiger partial charge on any atom is 0.108 e. The summed E-state index contributed by atoms with van der Waals surface area (Å²) in [7, 11) is 0. The average Bonchev–Trinajstić information content (AvgIpc) is 3.06. The molecule has 4 aromatic rings. The molecule has 4 heteroatoms. The lowest BCUT2D eigenvalue weighted by Crippen LogP contribution is -2.03. The highest BCUT2D eigenvalue weighted by molar-refractivity contribution is 6.02. The summed E-state index contributed by atoms with van der Waals surface area (Å²) in [6, 6.07) is 18.2. The van der Waals surface area contributed by atoms with E-state index in [0.29, 0.717) is 6.61 Å². The minimum absolute atomic E-state index is 0.470. The topological polar surface area (TPSA) is 39.9 Å². The zero-order valence-corrected chi connectivity index (χ0v) is 16.1. The third-order valence-electron chi connectivity index (χ3n) is 4.77. The van der Waals surface area contributed by atoms with E-state index in [4.69, 9.17) is 4.74 Å². The Morgan fingerprint density at radius 1 is 0.964 bits per heavy atom. The second kappa shape index (κ2) is 8.69. The van der Waals surface area contributed by atoms with Crippen molar-refractivity contribution in [1.29, 1.82) is 0 Å². The van der Waals surface area contributed by atoms with Gasteiger partial charge in [0.1, 0.15) is 17.9 Å². The number of benzene rings is 2. The van der Waals surface area contributed by atoms with Crippen LogP contribution in [0.5, 0.6) is 0 Å². The number of unbranched alkanes of at least 4 members (excludes halogenated alkanes) is 1. The molecule has 0 atom stereocenters. The van der Waals surface area contributed by atoms with E-state index in [9.17, 15) is 0 Å². The second-order valence-corrected chi connectivity index (χ2v) is 6.75. The Labute approximate surface area is 165 Å². The van der Waals surface area contributed by atoms with E-state index >= 15 is 0 Å². The molecule has 0 aliphatic rings. The highest BCUT2D eigenvalue weighted by Gasteiger charge is 2.11. The van der Waals surface area contributed by atoms with Gasteiger partial charge in [-0.15, -0.1) is 0 Å². The first-order valence-corrected chi connectivity index (χ1v) is 9.65. The van der Waals surface area contributed by atoms with Crippen molar-refractivity contribution in [1.82, 2.24) is 14.5 Å². The summed E-state index contributed by atoms with van der Waals surface area (Å²) in [5, 5.41) is 1.16. The van der Waals surface area contributed by atoms with Crippen LogP contribution in [0.3, 0.4) is 0 Å². The molecule has 2 aromatic carbocycles. The third-order valence-corrected chi connectivity index (χ3v) is 4.77. The molecule has 0 fully saturated rings. The Morgan fingerprint density at radius 2 is 1.79 bits per heavy atom. The van der Waals surface area contributed by atoms with Gasteiger partial charge in [-0.1, -0.05) is 48.2 Å². The number of aryl methyl sites for hydroxylation is 2. The lowest BCUT2D eigenvalue weighted by atomic mass is 10.2. The molecule has 140 valence electrons. The van der Waals surface area contributed by atoms with Crippen LogP contribution in [0.1, 0.15) is 24.2 Å². The number of rotatable bonds is 6. The van der Waals surface area contributed by atoms with Crippen LogP contribution in [0.25, 0.3) is 21.9 Å². The van der Waals surface area contributed by atoms with E-state index in [0.717, 1.165) is 53.8 Å². The summed E-state index contributed by atoms with van der Waals surface area (Å²) in [5.41, 5.74) is 4.17. The number of fused-ring (bicyclic) bond motifs is 3. The fourth-order valence-electron chi connectivity index (χ4n) is 3.41. The Kier molecular flexibility index (Phi) is 5.65. The number of imidazole rings is 1. The number of pyridine rings is 1. The number of hydrogen-bond donors (Lipinski definition) is 0. The van der Waals surface area contributed by atoms with Gasteiger partial charge in [-0.3, -0.25) is 4.98 Å². The van der Waals surface area contributed by atoms with Gasteiger partial charge in [0, 0.05) is 24.1 Å². The molecular weight excluding hydrogens is 346 g/mol. The number of ether oxygens (including phenoxy) is 1. The molecule has 0 unspecified atom stereocenters. The van der Waals surface area contributed by atoms with Crippen LogP contribution in [0.2, 0.25) is 0 Å². The third kappa shape index (κ3) is 4.05. The largest absolute Gasteiger partial charge is 0.369 e. The molecule has 0 amide bonds. The van der Waals surface area contributed by atoms with Crippen molar-refractivity contribution < 1.29 is 4.74 Å². The summed E-state index contributed by atoms with van der Waals surface area (Å²) >= 11 is 0. The first-order chi connectivity index (χ1) is 13.8. The smallest absolute Gasteiger partial charge is 0.108 e. The molecule has 0 radical (unpaired) electrons. The van der Waals surface area contributed by atoms with E-state index < -0.39 is 0 Å². The average molecular weight is 369 g/mol. The highest BCUT2D eigenvalue weighted by atomic mass is 16.5.